The van der Waals surface area contributed by atoms with Crippen LogP contribution < -0.4 is 15.8 Å². The lowest BCUT2D eigenvalue weighted by atomic mass is 10.0. The van der Waals surface area contributed by atoms with Crippen LogP contribution >= 0.6 is 11.6 Å². The van der Waals surface area contributed by atoms with Crippen LogP contribution in [0, 0.1) is 11.6 Å². The van der Waals surface area contributed by atoms with Gasteiger partial charge in [0.1, 0.15) is 17.4 Å². The van der Waals surface area contributed by atoms with Crippen LogP contribution in [-0.4, -0.2) is 25.5 Å². The number of ether oxygens (including phenoxy) is 1. The van der Waals surface area contributed by atoms with Gasteiger partial charge in [0.25, 0.3) is 5.91 Å². The molecule has 5 rings (SSSR count). The van der Waals surface area contributed by atoms with Gasteiger partial charge in [-0.2, -0.15) is 23.4 Å². The van der Waals surface area contributed by atoms with Gasteiger partial charge in [0.2, 0.25) is 0 Å². The maximum atomic E-state index is 14.1. The molecule has 0 aliphatic rings. The summed E-state index contributed by atoms with van der Waals surface area (Å²) in [5.41, 5.74) is 5.75. The predicted octanol–water partition coefficient (Wildman–Crippen LogP) is 7.59. The molecular formula is C28H22ClF5N6O2. The van der Waals surface area contributed by atoms with Crippen molar-refractivity contribution in [1.82, 2.24) is 19.6 Å². The number of aromatic nitrogens is 4. The number of nitrogens with zero attached hydrogens (tertiary/aromatic N) is 4. The number of alkyl halides is 3. The Hall–Kier alpha value is -4.65. The molecule has 0 saturated carbocycles. The first kappa shape index (κ1) is 28.9. The van der Waals surface area contributed by atoms with Gasteiger partial charge < -0.3 is 15.8 Å². The second-order valence-corrected chi connectivity index (χ2v) is 10.1. The van der Waals surface area contributed by atoms with Gasteiger partial charge in [-0.3, -0.25) is 14.2 Å². The van der Waals surface area contributed by atoms with E-state index in [0.29, 0.717) is 28.8 Å². The molecule has 0 spiro atoms. The topological polar surface area (TPSA) is 100.0 Å². The fourth-order valence-electron chi connectivity index (χ4n) is 4.41. The van der Waals surface area contributed by atoms with Gasteiger partial charge in [0.05, 0.1) is 33.4 Å². The van der Waals surface area contributed by atoms with Gasteiger partial charge in [-0.15, -0.1) is 0 Å². The maximum Gasteiger partial charge on any atom is 0.416 e. The Labute approximate surface area is 240 Å². The van der Waals surface area contributed by atoms with Crippen molar-refractivity contribution in [2.75, 3.05) is 11.1 Å². The number of fused-ring (bicyclic) bond motifs is 1. The third-order valence-electron chi connectivity index (χ3n) is 6.37. The highest BCUT2D eigenvalue weighted by atomic mass is 35.5. The van der Waals surface area contributed by atoms with Gasteiger partial charge in [-0.05, 0) is 50.2 Å². The molecule has 8 nitrogen and oxygen atoms in total. The van der Waals surface area contributed by atoms with Crippen molar-refractivity contribution in [3.8, 4) is 22.6 Å². The quantitative estimate of drug-likeness (QED) is 0.195. The minimum absolute atomic E-state index is 0.0125. The molecule has 218 valence electrons. The molecule has 1 amide bonds. The highest BCUT2D eigenvalue weighted by Gasteiger charge is 2.32. The number of anilines is 2. The van der Waals surface area contributed by atoms with E-state index in [2.05, 4.69) is 15.5 Å². The molecule has 14 heteroatoms. The molecule has 0 unspecified atom stereocenters. The van der Waals surface area contributed by atoms with E-state index in [0.717, 1.165) is 12.1 Å². The average molecular weight is 605 g/mol. The normalized spacial score (nSPS) is 11.9. The molecule has 0 bridgehead atoms. The molecule has 0 aliphatic carbocycles. The number of amides is 1. The molecule has 0 aliphatic heterocycles. The number of hydrogen-bond acceptors (Lipinski definition) is 5. The number of carbonyl (C=O) groups is 1. The first-order valence-corrected chi connectivity index (χ1v) is 12.8. The van der Waals surface area contributed by atoms with Crippen molar-refractivity contribution in [2.24, 2.45) is 7.05 Å². The van der Waals surface area contributed by atoms with E-state index in [4.69, 9.17) is 22.1 Å². The van der Waals surface area contributed by atoms with Crippen molar-refractivity contribution < 1.29 is 31.5 Å². The summed E-state index contributed by atoms with van der Waals surface area (Å²) in [5.74, 6) is -3.31. The fourth-order valence-corrected chi connectivity index (χ4v) is 4.57. The predicted molar refractivity (Wildman–Crippen MR) is 148 cm³/mol. The number of halogens is 6. The number of carbonyl (C=O) groups excluding carboxylic acids is 1. The highest BCUT2D eigenvalue weighted by molar-refractivity contribution is 6.32. The fraction of sp³-hybridized carbons (Fsp3) is 0.179. The lowest BCUT2D eigenvalue weighted by molar-refractivity contribution is -0.137. The molecule has 0 radical (unpaired) electrons. The van der Waals surface area contributed by atoms with Crippen LogP contribution in [0.1, 0.15) is 35.8 Å². The standard InChI is InChI=1S/C28H22ClF5N6O2/c1-13(2)40-12-15(11-36-40)19-10-21(37-27(41)14-6-16(28(32,33)34)8-18(31)7-14)25(23-24(19)39(3)38-26(23)35)42-22-9-17(30)4-5-20(22)29/h4-13H,1-3H3,(H2,35,38)(H,37,41). The number of rotatable bonds is 6. The Morgan fingerprint density at radius 3 is 2.50 bits per heavy atom. The lowest BCUT2D eigenvalue weighted by Crippen LogP contribution is -2.15. The van der Waals surface area contributed by atoms with Crippen molar-refractivity contribution in [3.05, 3.63) is 82.6 Å². The maximum absolute atomic E-state index is 14.1. The van der Waals surface area contributed by atoms with E-state index < -0.39 is 34.8 Å². The molecule has 5 aromatic rings. The zero-order valence-electron chi connectivity index (χ0n) is 22.2. The monoisotopic (exact) mass is 604 g/mol. The van der Waals surface area contributed by atoms with E-state index in [1.165, 1.54) is 16.8 Å². The number of benzene rings is 3. The van der Waals surface area contributed by atoms with Crippen LogP contribution in [0.2, 0.25) is 5.02 Å². The van der Waals surface area contributed by atoms with Crippen LogP contribution in [-0.2, 0) is 13.2 Å². The zero-order chi connectivity index (χ0) is 30.5. The summed E-state index contributed by atoms with van der Waals surface area (Å²) in [6, 6.07) is 6.34. The lowest BCUT2D eigenvalue weighted by Gasteiger charge is -2.17. The van der Waals surface area contributed by atoms with E-state index in [9.17, 15) is 26.7 Å². The van der Waals surface area contributed by atoms with Crippen molar-refractivity contribution in [1.29, 1.82) is 0 Å². The molecule has 2 aromatic heterocycles. The third kappa shape index (κ3) is 5.47. The van der Waals surface area contributed by atoms with Crippen molar-refractivity contribution >= 4 is 39.9 Å². The first-order chi connectivity index (χ1) is 19.7. The SMILES string of the molecule is CC(C)n1cc(-c2cc(NC(=O)c3cc(F)cc(C(F)(F)F)c3)c(Oc3cc(F)ccc3Cl)c3c(N)nn(C)c23)cn1. The average Bonchev–Trinajstić information content (AvgIpc) is 3.51. The molecule has 3 aromatic carbocycles. The van der Waals surface area contributed by atoms with Gasteiger partial charge in [-0.25, -0.2) is 8.78 Å². The smallest absolute Gasteiger partial charge is 0.416 e. The summed E-state index contributed by atoms with van der Waals surface area (Å²) in [7, 11) is 1.62. The number of nitrogens with two attached hydrogens (primary N) is 1. The molecular weight excluding hydrogens is 583 g/mol. The van der Waals surface area contributed by atoms with Crippen LogP contribution in [0.4, 0.5) is 33.5 Å². The summed E-state index contributed by atoms with van der Waals surface area (Å²) >= 11 is 6.24. The Kier molecular flexibility index (Phi) is 7.31. The Bertz CT molecular complexity index is 1850. The van der Waals surface area contributed by atoms with E-state index in [-0.39, 0.29) is 45.5 Å². The van der Waals surface area contributed by atoms with E-state index in [1.807, 2.05) is 13.8 Å². The molecule has 0 fully saturated rings. The van der Waals surface area contributed by atoms with Gasteiger partial charge in [-0.1, -0.05) is 11.6 Å². The summed E-state index contributed by atoms with van der Waals surface area (Å²) in [6.45, 7) is 3.85. The Balaban J connectivity index is 1.73. The number of aryl methyl sites for hydroxylation is 1. The van der Waals surface area contributed by atoms with Crippen LogP contribution in [0.5, 0.6) is 11.5 Å². The minimum Gasteiger partial charge on any atom is -0.453 e. The highest BCUT2D eigenvalue weighted by Crippen LogP contribution is 2.46. The van der Waals surface area contributed by atoms with Crippen LogP contribution in [0.25, 0.3) is 22.0 Å². The molecule has 0 atom stereocenters. The van der Waals surface area contributed by atoms with Crippen LogP contribution in [0.3, 0.4) is 0 Å². The summed E-state index contributed by atoms with van der Waals surface area (Å²) in [5, 5.41) is 11.4. The van der Waals surface area contributed by atoms with E-state index in [1.54, 1.807) is 24.1 Å². The Morgan fingerprint density at radius 2 is 1.83 bits per heavy atom. The van der Waals surface area contributed by atoms with Crippen molar-refractivity contribution in [2.45, 2.75) is 26.1 Å². The van der Waals surface area contributed by atoms with Gasteiger partial charge in [0, 0.05) is 42.0 Å². The minimum atomic E-state index is -4.90. The first-order valence-electron chi connectivity index (χ1n) is 12.4. The summed E-state index contributed by atoms with van der Waals surface area (Å²) < 4.78 is 77.5. The number of hydrogen-bond donors (Lipinski definition) is 2. The Morgan fingerprint density at radius 1 is 1.10 bits per heavy atom. The second kappa shape index (κ2) is 10.6. The number of nitrogens with one attached hydrogen (secondary N) is 1. The molecule has 3 N–H and O–H groups in total. The van der Waals surface area contributed by atoms with E-state index >= 15 is 0 Å². The third-order valence-corrected chi connectivity index (χ3v) is 6.68. The summed E-state index contributed by atoms with van der Waals surface area (Å²) in [6.07, 6.45) is -1.57. The van der Waals surface area contributed by atoms with Gasteiger partial charge >= 0.3 is 6.18 Å². The second-order valence-electron chi connectivity index (χ2n) is 9.69. The zero-order valence-corrected chi connectivity index (χ0v) is 23.0. The van der Waals surface area contributed by atoms with Crippen LogP contribution in [0.15, 0.2) is 54.9 Å². The molecule has 0 saturated heterocycles. The van der Waals surface area contributed by atoms with Gasteiger partial charge in [0.15, 0.2) is 11.6 Å². The summed E-state index contributed by atoms with van der Waals surface area (Å²) in [4.78, 5) is 13.3. The van der Waals surface area contributed by atoms with Crippen molar-refractivity contribution in [3.63, 3.8) is 0 Å². The largest absolute Gasteiger partial charge is 0.453 e. The number of nitrogen functional groups attached to an aromatic ring is 1. The molecule has 42 heavy (non-hydrogen) atoms. The molecule has 2 heterocycles.